The molecular weight excluding hydrogens is 424 g/mol. The third kappa shape index (κ3) is 3.88. The van der Waals surface area contributed by atoms with Crippen molar-refractivity contribution in [3.8, 4) is 11.1 Å². The van der Waals surface area contributed by atoms with Crippen molar-refractivity contribution in [2.75, 3.05) is 5.73 Å². The first kappa shape index (κ1) is 20.0. The molecule has 0 aliphatic heterocycles. The molecule has 0 amide bonds. The van der Waals surface area contributed by atoms with E-state index in [0.29, 0.717) is 27.2 Å². The Hall–Kier alpha value is -3.33. The molecule has 0 bridgehead atoms. The molecule has 0 saturated heterocycles. The average Bonchev–Trinajstić information content (AvgIpc) is 2.74. The fraction of sp³-hybridized carbons (Fsp3) is 0. The van der Waals surface area contributed by atoms with E-state index in [1.54, 1.807) is 30.3 Å². The van der Waals surface area contributed by atoms with Gasteiger partial charge < -0.3 is 5.73 Å². The third-order valence-electron chi connectivity index (χ3n) is 4.49. The Balaban J connectivity index is 1.81. The zero-order valence-electron chi connectivity index (χ0n) is 15.4. The summed E-state index contributed by atoms with van der Waals surface area (Å²) in [6.45, 7) is 0. The number of hydrogen-bond donors (Lipinski definition) is 2. The number of fused-ring (bicyclic) bond motifs is 1. The van der Waals surface area contributed by atoms with Gasteiger partial charge in [0.15, 0.2) is 0 Å². The van der Waals surface area contributed by atoms with Crippen LogP contribution in [0.1, 0.15) is 0 Å². The predicted octanol–water partition coefficient (Wildman–Crippen LogP) is 5.80. The summed E-state index contributed by atoms with van der Waals surface area (Å²) in [4.78, 5) is 3.85. The van der Waals surface area contributed by atoms with Crippen molar-refractivity contribution < 1.29 is 13.0 Å². The van der Waals surface area contributed by atoms with Crippen LogP contribution in [0, 0.1) is 0 Å². The molecule has 0 aliphatic rings. The van der Waals surface area contributed by atoms with Crippen LogP contribution in [0.4, 0.5) is 17.1 Å². The van der Waals surface area contributed by atoms with Crippen molar-refractivity contribution >= 4 is 49.6 Å². The van der Waals surface area contributed by atoms with Gasteiger partial charge in [-0.3, -0.25) is 4.55 Å². The summed E-state index contributed by atoms with van der Waals surface area (Å²) in [5, 5.41) is 9.31. The van der Waals surface area contributed by atoms with Crippen LogP contribution in [-0.4, -0.2) is 18.0 Å². The van der Waals surface area contributed by atoms with E-state index in [0.717, 1.165) is 5.56 Å². The van der Waals surface area contributed by atoms with Crippen LogP contribution in [0.3, 0.4) is 0 Å². The molecule has 150 valence electrons. The third-order valence-corrected chi connectivity index (χ3v) is 5.68. The number of benzene rings is 3. The zero-order chi connectivity index (χ0) is 21.3. The number of aromatic nitrogens is 1. The summed E-state index contributed by atoms with van der Waals surface area (Å²) < 4.78 is 33.3. The second kappa shape index (κ2) is 7.83. The van der Waals surface area contributed by atoms with Gasteiger partial charge in [-0.25, -0.2) is 4.98 Å². The quantitative estimate of drug-likeness (QED) is 0.180. The van der Waals surface area contributed by atoms with Crippen molar-refractivity contribution in [3.63, 3.8) is 0 Å². The number of nitrogens with zero attached hydrogens (tertiary/aromatic N) is 3. The van der Waals surface area contributed by atoms with Crippen LogP contribution < -0.4 is 5.73 Å². The molecular formula is C21H15ClN4O3S. The van der Waals surface area contributed by atoms with E-state index < -0.39 is 10.1 Å². The van der Waals surface area contributed by atoms with Crippen LogP contribution >= 0.6 is 11.6 Å². The molecule has 0 atom stereocenters. The molecule has 4 aromatic rings. The van der Waals surface area contributed by atoms with Gasteiger partial charge in [0.25, 0.3) is 10.1 Å². The molecule has 30 heavy (non-hydrogen) atoms. The molecule has 0 unspecified atom stereocenters. The number of rotatable bonds is 4. The number of nitrogen functional groups attached to an aromatic ring is 1. The maximum absolute atomic E-state index is 11.8. The lowest BCUT2D eigenvalue weighted by atomic mass is 10.1. The Morgan fingerprint density at radius 1 is 0.933 bits per heavy atom. The van der Waals surface area contributed by atoms with E-state index in [2.05, 4.69) is 15.2 Å². The lowest BCUT2D eigenvalue weighted by molar-refractivity contribution is 0.484. The number of nitrogens with two attached hydrogens (primary N) is 1. The maximum atomic E-state index is 11.8. The number of halogens is 1. The fourth-order valence-corrected chi connectivity index (χ4v) is 4.00. The largest absolute Gasteiger partial charge is 0.396 e. The Kier molecular flexibility index (Phi) is 5.21. The average molecular weight is 439 g/mol. The highest BCUT2D eigenvalue weighted by molar-refractivity contribution is 7.86. The molecule has 3 aromatic carbocycles. The summed E-state index contributed by atoms with van der Waals surface area (Å²) in [5.41, 5.74) is 8.47. The minimum atomic E-state index is -4.49. The smallest absolute Gasteiger partial charge is 0.295 e. The monoisotopic (exact) mass is 438 g/mol. The van der Waals surface area contributed by atoms with Gasteiger partial charge in [-0.2, -0.15) is 8.42 Å². The number of azo groups is 1. The summed E-state index contributed by atoms with van der Waals surface area (Å²) in [6, 6.07) is 18.9. The van der Waals surface area contributed by atoms with Crippen molar-refractivity contribution in [3.05, 3.63) is 78.1 Å². The first-order chi connectivity index (χ1) is 14.3. The highest BCUT2D eigenvalue weighted by atomic mass is 35.5. The topological polar surface area (TPSA) is 118 Å². The van der Waals surface area contributed by atoms with E-state index in [1.807, 2.05) is 30.3 Å². The van der Waals surface area contributed by atoms with Crippen LogP contribution in [0.15, 0.2) is 88.1 Å². The second-order valence-corrected chi connectivity index (χ2v) is 8.17. The molecule has 1 heterocycles. The standard InChI is InChI=1S/C21H15ClN4O3S/c22-21-17(13-6-2-1-3-7-13)10-14(12-24-21)25-26-18-11-19(30(27,28)29)15-8-4-5-9-16(15)20(18)23/h1-12H,23H2,(H,27,28,29)/b26-25+. The Morgan fingerprint density at radius 2 is 1.60 bits per heavy atom. The van der Waals surface area contributed by atoms with Gasteiger partial charge in [-0.15, -0.1) is 10.2 Å². The molecule has 0 radical (unpaired) electrons. The Bertz CT molecular complexity index is 1390. The van der Waals surface area contributed by atoms with E-state index in [-0.39, 0.29) is 16.3 Å². The fourth-order valence-electron chi connectivity index (χ4n) is 3.07. The highest BCUT2D eigenvalue weighted by Gasteiger charge is 2.18. The van der Waals surface area contributed by atoms with Gasteiger partial charge in [-0.05, 0) is 17.7 Å². The van der Waals surface area contributed by atoms with E-state index in [1.165, 1.54) is 12.3 Å². The number of anilines is 1. The molecule has 0 fully saturated rings. The van der Waals surface area contributed by atoms with Crippen molar-refractivity contribution in [1.82, 2.24) is 4.98 Å². The second-order valence-electron chi connectivity index (χ2n) is 6.43. The molecule has 9 heteroatoms. The Labute approximate surface area is 177 Å². The lowest BCUT2D eigenvalue weighted by Crippen LogP contribution is -2.01. The van der Waals surface area contributed by atoms with Crippen LogP contribution in [0.25, 0.3) is 21.9 Å². The van der Waals surface area contributed by atoms with Crippen LogP contribution in [0.5, 0.6) is 0 Å². The number of pyridine rings is 1. The van der Waals surface area contributed by atoms with Gasteiger partial charge in [0.2, 0.25) is 0 Å². The molecule has 0 spiro atoms. The minimum absolute atomic E-state index is 0.109. The minimum Gasteiger partial charge on any atom is -0.396 e. The lowest BCUT2D eigenvalue weighted by Gasteiger charge is -2.09. The molecule has 1 aromatic heterocycles. The van der Waals surface area contributed by atoms with Gasteiger partial charge in [0.1, 0.15) is 21.4 Å². The molecule has 0 saturated carbocycles. The molecule has 7 nitrogen and oxygen atoms in total. The van der Waals surface area contributed by atoms with Crippen LogP contribution in [-0.2, 0) is 10.1 Å². The SMILES string of the molecule is Nc1c(/N=N/c2cnc(Cl)c(-c3ccccc3)c2)cc(S(=O)(=O)O)c2ccccc12. The van der Waals surface area contributed by atoms with Crippen molar-refractivity contribution in [2.24, 2.45) is 10.2 Å². The summed E-state index contributed by atoms with van der Waals surface area (Å²) in [6.07, 6.45) is 1.44. The normalized spacial score (nSPS) is 11.9. The first-order valence-corrected chi connectivity index (χ1v) is 10.6. The van der Waals surface area contributed by atoms with Gasteiger partial charge in [0, 0.05) is 16.3 Å². The van der Waals surface area contributed by atoms with E-state index >= 15 is 0 Å². The van der Waals surface area contributed by atoms with Gasteiger partial charge in [0.05, 0.1) is 11.9 Å². The van der Waals surface area contributed by atoms with Crippen molar-refractivity contribution in [2.45, 2.75) is 4.90 Å². The highest BCUT2D eigenvalue weighted by Crippen LogP contribution is 2.37. The van der Waals surface area contributed by atoms with E-state index in [9.17, 15) is 13.0 Å². The molecule has 4 rings (SSSR count). The van der Waals surface area contributed by atoms with Gasteiger partial charge >= 0.3 is 0 Å². The van der Waals surface area contributed by atoms with Crippen LogP contribution in [0.2, 0.25) is 5.15 Å². The van der Waals surface area contributed by atoms with E-state index in [4.69, 9.17) is 17.3 Å². The summed E-state index contributed by atoms with van der Waals surface area (Å²) in [7, 11) is -4.49. The summed E-state index contributed by atoms with van der Waals surface area (Å²) >= 11 is 6.21. The molecule has 3 N–H and O–H groups in total. The van der Waals surface area contributed by atoms with Gasteiger partial charge in [-0.1, -0.05) is 66.2 Å². The predicted molar refractivity (Wildman–Crippen MR) is 117 cm³/mol. The maximum Gasteiger partial charge on any atom is 0.295 e. The zero-order valence-corrected chi connectivity index (χ0v) is 17.0. The number of hydrogen-bond acceptors (Lipinski definition) is 6. The molecule has 0 aliphatic carbocycles. The first-order valence-electron chi connectivity index (χ1n) is 8.76. The van der Waals surface area contributed by atoms with Crippen molar-refractivity contribution in [1.29, 1.82) is 0 Å². The Morgan fingerprint density at radius 3 is 2.30 bits per heavy atom. The summed E-state index contributed by atoms with van der Waals surface area (Å²) in [5.74, 6) is 0.